The second-order valence-electron chi connectivity index (χ2n) is 13.8. The van der Waals surface area contributed by atoms with Gasteiger partial charge >= 0.3 is 0 Å². The molecule has 2 amide bonds. The maximum atomic E-state index is 13.2. The number of ether oxygens (including phenoxy) is 2. The molecule has 0 saturated heterocycles. The van der Waals surface area contributed by atoms with Crippen LogP contribution in [0.15, 0.2) is 24.3 Å². The number of rotatable bonds is 34. The van der Waals surface area contributed by atoms with Crippen molar-refractivity contribution in [2.24, 2.45) is 22.9 Å². The zero-order valence-electron chi connectivity index (χ0n) is 33.7. The summed E-state index contributed by atoms with van der Waals surface area (Å²) in [6.45, 7) is 8.85. The predicted octanol–water partition coefficient (Wildman–Crippen LogP) is 8.20. The molecular weight excluding hydrogens is 770 g/mol. The summed E-state index contributed by atoms with van der Waals surface area (Å²) in [5, 5.41) is 0. The molecule has 0 spiro atoms. The standard InChI is InChI=1S/C40H76N6O4.4ClH/c1-3-5-7-9-11-13-19-29-45(39(47)37(43)21-15-17-27-41)31-33-49-35-23-25-36(26-24-35)50-34-32-46(30-20-14-12-10-8-6-4-2)40(48)38(44)22-16-18-28-42;;;;/h23-26,37-38H,3-22,27-34,41-44H2,1-2H3;4*1H/t37-,38-;;;;/m0..../s1. The molecule has 0 fully saturated rings. The van der Waals surface area contributed by atoms with E-state index >= 15 is 0 Å². The molecule has 1 aromatic carbocycles. The third kappa shape index (κ3) is 30.0. The minimum atomic E-state index is -0.504. The summed E-state index contributed by atoms with van der Waals surface area (Å²) in [6.07, 6.45) is 21.5. The number of nitrogens with two attached hydrogens (primary N) is 4. The molecule has 14 heteroatoms. The van der Waals surface area contributed by atoms with Crippen molar-refractivity contribution >= 4 is 61.4 Å². The molecule has 1 rings (SSSR count). The summed E-state index contributed by atoms with van der Waals surface area (Å²) >= 11 is 0. The molecule has 0 aromatic heterocycles. The first-order valence-electron chi connectivity index (χ1n) is 20.2. The van der Waals surface area contributed by atoms with E-state index in [9.17, 15) is 9.59 Å². The van der Waals surface area contributed by atoms with Gasteiger partial charge in [0.05, 0.1) is 25.2 Å². The summed E-state index contributed by atoms with van der Waals surface area (Å²) in [4.78, 5) is 30.1. The summed E-state index contributed by atoms with van der Waals surface area (Å²) in [5.74, 6) is 1.42. The highest BCUT2D eigenvalue weighted by atomic mass is 35.5. The molecule has 10 nitrogen and oxygen atoms in total. The van der Waals surface area contributed by atoms with E-state index in [-0.39, 0.29) is 61.4 Å². The topological polar surface area (TPSA) is 163 Å². The van der Waals surface area contributed by atoms with Crippen LogP contribution in [0.5, 0.6) is 11.5 Å². The molecule has 0 bridgehead atoms. The normalized spacial score (nSPS) is 11.5. The summed E-state index contributed by atoms with van der Waals surface area (Å²) in [6, 6.07) is 6.51. The lowest BCUT2D eigenvalue weighted by Crippen LogP contribution is -2.45. The maximum absolute atomic E-state index is 13.2. The van der Waals surface area contributed by atoms with Crippen LogP contribution >= 0.6 is 49.6 Å². The van der Waals surface area contributed by atoms with Crippen molar-refractivity contribution in [2.45, 2.75) is 154 Å². The fourth-order valence-corrected chi connectivity index (χ4v) is 6.10. The quantitative estimate of drug-likeness (QED) is 0.0505. The molecule has 8 N–H and O–H groups in total. The average Bonchev–Trinajstić information content (AvgIpc) is 3.12. The first kappa shape index (κ1) is 59.5. The van der Waals surface area contributed by atoms with E-state index in [1.54, 1.807) is 0 Å². The molecule has 0 saturated carbocycles. The van der Waals surface area contributed by atoms with E-state index in [2.05, 4.69) is 13.8 Å². The number of halogens is 4. The molecule has 0 unspecified atom stereocenters. The third-order valence-electron chi connectivity index (χ3n) is 9.34. The Morgan fingerprint density at radius 2 is 0.815 bits per heavy atom. The zero-order valence-corrected chi connectivity index (χ0v) is 37.0. The lowest BCUT2D eigenvalue weighted by atomic mass is 10.1. The molecule has 2 atom stereocenters. The fourth-order valence-electron chi connectivity index (χ4n) is 6.10. The van der Waals surface area contributed by atoms with E-state index in [0.29, 0.717) is 76.8 Å². The van der Waals surface area contributed by atoms with Crippen LogP contribution in [0.25, 0.3) is 0 Å². The number of hydrogen-bond donors (Lipinski definition) is 4. The third-order valence-corrected chi connectivity index (χ3v) is 9.34. The van der Waals surface area contributed by atoms with Gasteiger partial charge in [-0.3, -0.25) is 9.59 Å². The Bertz CT molecular complexity index is 896. The monoisotopic (exact) mass is 848 g/mol. The van der Waals surface area contributed by atoms with E-state index in [4.69, 9.17) is 32.4 Å². The van der Waals surface area contributed by atoms with E-state index < -0.39 is 12.1 Å². The number of carbonyl (C=O) groups is 2. The van der Waals surface area contributed by atoms with Gasteiger partial charge in [0.1, 0.15) is 24.7 Å². The first-order valence-corrected chi connectivity index (χ1v) is 20.2. The minimum absolute atomic E-state index is 0. The van der Waals surface area contributed by atoms with Crippen molar-refractivity contribution < 1.29 is 19.1 Å². The molecule has 322 valence electrons. The van der Waals surface area contributed by atoms with Crippen LogP contribution in [0.1, 0.15) is 142 Å². The van der Waals surface area contributed by atoms with E-state index in [0.717, 1.165) is 51.4 Å². The van der Waals surface area contributed by atoms with E-state index in [1.807, 2.05) is 34.1 Å². The number of carbonyl (C=O) groups excluding carboxylic acids is 2. The highest BCUT2D eigenvalue weighted by Gasteiger charge is 2.22. The van der Waals surface area contributed by atoms with Crippen molar-refractivity contribution in [3.63, 3.8) is 0 Å². The minimum Gasteiger partial charge on any atom is -0.492 e. The molecular formula is C40H80Cl4N6O4. The number of nitrogens with zero attached hydrogens (tertiary/aromatic N) is 2. The van der Waals surface area contributed by atoms with Crippen molar-refractivity contribution in [3.8, 4) is 11.5 Å². The predicted molar refractivity (Wildman–Crippen MR) is 237 cm³/mol. The number of unbranched alkanes of at least 4 members (excludes halogenated alkanes) is 14. The Labute approximate surface area is 354 Å². The summed E-state index contributed by atoms with van der Waals surface area (Å²) in [5.41, 5.74) is 23.8. The number of hydrogen-bond acceptors (Lipinski definition) is 8. The van der Waals surface area contributed by atoms with Gasteiger partial charge in [0.2, 0.25) is 11.8 Å². The Morgan fingerprint density at radius 3 is 1.13 bits per heavy atom. The lowest BCUT2D eigenvalue weighted by molar-refractivity contribution is -0.134. The number of benzene rings is 1. The Hall–Kier alpha value is -1.24. The van der Waals surface area contributed by atoms with Crippen LogP contribution < -0.4 is 32.4 Å². The van der Waals surface area contributed by atoms with Gasteiger partial charge in [0.25, 0.3) is 0 Å². The van der Waals surface area contributed by atoms with Crippen LogP contribution in [0.4, 0.5) is 0 Å². The molecule has 0 heterocycles. The summed E-state index contributed by atoms with van der Waals surface area (Å²) in [7, 11) is 0. The van der Waals surface area contributed by atoms with Crippen LogP contribution in [-0.2, 0) is 9.59 Å². The van der Waals surface area contributed by atoms with E-state index in [1.165, 1.54) is 64.2 Å². The molecule has 1 aromatic rings. The van der Waals surface area contributed by atoms with Gasteiger partial charge in [-0.1, -0.05) is 104 Å². The van der Waals surface area contributed by atoms with Crippen LogP contribution in [0, 0.1) is 0 Å². The SMILES string of the molecule is CCCCCCCCCN(CCOc1ccc(OCCN(CCCCCCCCC)C(=O)[C@@H](N)CCCCN)cc1)C(=O)[C@@H](N)CCCCN.Cl.Cl.Cl.Cl. The second kappa shape index (κ2) is 41.4. The maximum Gasteiger partial charge on any atom is 0.239 e. The zero-order chi connectivity index (χ0) is 36.7. The fraction of sp³-hybridized carbons (Fsp3) is 0.800. The van der Waals surface area contributed by atoms with Gasteiger partial charge in [-0.15, -0.1) is 49.6 Å². The Balaban J connectivity index is -0.00000312. The average molecular weight is 851 g/mol. The highest BCUT2D eigenvalue weighted by molar-refractivity contribution is 5.86. The van der Waals surface area contributed by atoms with Gasteiger partial charge in [0, 0.05) is 13.1 Å². The number of amides is 2. The van der Waals surface area contributed by atoms with Crippen molar-refractivity contribution in [1.82, 2.24) is 9.80 Å². The van der Waals surface area contributed by atoms with Gasteiger partial charge < -0.3 is 42.2 Å². The van der Waals surface area contributed by atoms with Crippen LogP contribution in [0.3, 0.4) is 0 Å². The van der Waals surface area contributed by atoms with Gasteiger partial charge in [0.15, 0.2) is 0 Å². The molecule has 0 aliphatic heterocycles. The van der Waals surface area contributed by atoms with Gasteiger partial charge in [-0.2, -0.15) is 0 Å². The van der Waals surface area contributed by atoms with Crippen LogP contribution in [0.2, 0.25) is 0 Å². The van der Waals surface area contributed by atoms with Crippen LogP contribution in [-0.4, -0.2) is 86.2 Å². The van der Waals surface area contributed by atoms with Crippen molar-refractivity contribution in [1.29, 1.82) is 0 Å². The second-order valence-corrected chi connectivity index (χ2v) is 13.8. The summed E-state index contributed by atoms with van der Waals surface area (Å²) < 4.78 is 12.1. The Morgan fingerprint density at radius 1 is 0.500 bits per heavy atom. The molecule has 54 heavy (non-hydrogen) atoms. The first-order chi connectivity index (χ1) is 24.4. The highest BCUT2D eigenvalue weighted by Crippen LogP contribution is 2.18. The smallest absolute Gasteiger partial charge is 0.239 e. The Kier molecular flexibility index (Phi) is 45.6. The lowest BCUT2D eigenvalue weighted by Gasteiger charge is -2.26. The van der Waals surface area contributed by atoms with Gasteiger partial charge in [-0.05, 0) is 75.9 Å². The van der Waals surface area contributed by atoms with Crippen molar-refractivity contribution in [2.75, 3.05) is 52.5 Å². The molecule has 0 radical (unpaired) electrons. The molecule has 0 aliphatic carbocycles. The molecule has 0 aliphatic rings. The van der Waals surface area contributed by atoms with Crippen molar-refractivity contribution in [3.05, 3.63) is 24.3 Å². The largest absolute Gasteiger partial charge is 0.492 e. The van der Waals surface area contributed by atoms with Gasteiger partial charge in [-0.25, -0.2) is 0 Å².